The molecule has 3 aliphatic heterocycles. The summed E-state index contributed by atoms with van der Waals surface area (Å²) in [6.45, 7) is 0.895. The Labute approximate surface area is 108 Å². The summed E-state index contributed by atoms with van der Waals surface area (Å²) in [6, 6.07) is 9.66. The van der Waals surface area contributed by atoms with Crippen LogP contribution >= 0.6 is 0 Å². The fraction of sp³-hybridized carbons (Fsp3) is 0.600. The van der Waals surface area contributed by atoms with Crippen LogP contribution in [0.5, 0.6) is 0 Å². The molecule has 4 rings (SSSR count). The zero-order valence-corrected chi connectivity index (χ0v) is 10.5. The number of aliphatic hydroxyl groups is 1. The molecule has 3 atom stereocenters. The summed E-state index contributed by atoms with van der Waals surface area (Å²) < 4.78 is 0. The van der Waals surface area contributed by atoms with Gasteiger partial charge < -0.3 is 15.7 Å². The Morgan fingerprint density at radius 1 is 1.11 bits per heavy atom. The van der Waals surface area contributed by atoms with Crippen LogP contribution in [0.2, 0.25) is 0 Å². The van der Waals surface area contributed by atoms with E-state index in [1.165, 1.54) is 24.0 Å². The number of benzene rings is 1. The molecule has 18 heavy (non-hydrogen) atoms. The van der Waals surface area contributed by atoms with Crippen molar-refractivity contribution in [2.75, 3.05) is 0 Å². The summed E-state index contributed by atoms with van der Waals surface area (Å²) in [6.07, 6.45) is 4.22. The molecular weight excluding hydrogens is 224 g/mol. The molecule has 2 fully saturated rings. The fourth-order valence-electron chi connectivity index (χ4n) is 4.17. The minimum atomic E-state index is -0.566. The van der Waals surface area contributed by atoms with Crippen molar-refractivity contribution in [2.45, 2.75) is 56.0 Å². The average Bonchev–Trinajstić information content (AvgIpc) is 2.93. The van der Waals surface area contributed by atoms with Crippen molar-refractivity contribution in [2.24, 2.45) is 0 Å². The van der Waals surface area contributed by atoms with Gasteiger partial charge in [0.25, 0.3) is 0 Å². The molecule has 0 amide bonds. The van der Waals surface area contributed by atoms with Gasteiger partial charge in [0.1, 0.15) is 0 Å². The fourth-order valence-corrected chi connectivity index (χ4v) is 4.17. The standard InChI is InChI=1S/C15H20N2O/c18-15(7-11-5-6-12(8-15)17-11)14-13-4-2-1-3-10(13)9-16-14/h1-4,11-12,14,16-18H,5-9H2. The molecule has 2 saturated heterocycles. The number of rotatable bonds is 1. The number of hydrogen-bond acceptors (Lipinski definition) is 3. The first-order valence-corrected chi connectivity index (χ1v) is 7.04. The molecule has 0 aromatic heterocycles. The van der Waals surface area contributed by atoms with E-state index in [1.54, 1.807) is 0 Å². The zero-order chi connectivity index (χ0) is 12.2. The van der Waals surface area contributed by atoms with Gasteiger partial charge in [-0.15, -0.1) is 0 Å². The molecule has 1 aromatic rings. The van der Waals surface area contributed by atoms with Crippen LogP contribution in [0.15, 0.2) is 24.3 Å². The Morgan fingerprint density at radius 3 is 2.61 bits per heavy atom. The molecule has 3 unspecified atom stereocenters. The van der Waals surface area contributed by atoms with Crippen LogP contribution in [0.3, 0.4) is 0 Å². The number of hydrogen-bond donors (Lipinski definition) is 3. The second kappa shape index (κ2) is 3.80. The van der Waals surface area contributed by atoms with E-state index in [-0.39, 0.29) is 6.04 Å². The van der Waals surface area contributed by atoms with E-state index in [1.807, 2.05) is 0 Å². The second-order valence-corrected chi connectivity index (χ2v) is 6.16. The first kappa shape index (κ1) is 11.0. The predicted octanol–water partition coefficient (Wildman–Crippen LogP) is 1.48. The van der Waals surface area contributed by atoms with Gasteiger partial charge in [-0.3, -0.25) is 0 Å². The third-order valence-corrected chi connectivity index (χ3v) is 4.93. The summed E-state index contributed by atoms with van der Waals surface area (Å²) in [5.41, 5.74) is 2.09. The molecule has 3 heteroatoms. The van der Waals surface area contributed by atoms with E-state index in [0.29, 0.717) is 12.1 Å². The molecule has 3 N–H and O–H groups in total. The average molecular weight is 244 g/mol. The Bertz CT molecular complexity index is 461. The van der Waals surface area contributed by atoms with Crippen molar-refractivity contribution in [3.8, 4) is 0 Å². The largest absolute Gasteiger partial charge is 0.388 e. The van der Waals surface area contributed by atoms with E-state index in [9.17, 15) is 5.11 Å². The number of fused-ring (bicyclic) bond motifs is 3. The van der Waals surface area contributed by atoms with Crippen LogP contribution in [0.4, 0.5) is 0 Å². The predicted molar refractivity (Wildman–Crippen MR) is 70.2 cm³/mol. The van der Waals surface area contributed by atoms with Gasteiger partial charge in [-0.05, 0) is 36.8 Å². The highest BCUT2D eigenvalue weighted by Gasteiger charge is 2.48. The van der Waals surface area contributed by atoms with Crippen molar-refractivity contribution in [3.63, 3.8) is 0 Å². The Morgan fingerprint density at radius 2 is 1.83 bits per heavy atom. The van der Waals surface area contributed by atoms with E-state index < -0.39 is 5.60 Å². The molecule has 3 heterocycles. The highest BCUT2D eigenvalue weighted by molar-refractivity contribution is 5.36. The first-order chi connectivity index (χ1) is 8.74. The van der Waals surface area contributed by atoms with Crippen LogP contribution in [-0.2, 0) is 6.54 Å². The third-order valence-electron chi connectivity index (χ3n) is 4.93. The van der Waals surface area contributed by atoms with Gasteiger partial charge in [-0.25, -0.2) is 0 Å². The molecule has 0 aliphatic carbocycles. The SMILES string of the molecule is OC1(C2NCc3ccccc32)CC2CCC(C1)N2. The molecule has 0 radical (unpaired) electrons. The van der Waals surface area contributed by atoms with Gasteiger partial charge >= 0.3 is 0 Å². The maximum atomic E-state index is 11.1. The van der Waals surface area contributed by atoms with Gasteiger partial charge in [0, 0.05) is 18.6 Å². The van der Waals surface area contributed by atoms with Gasteiger partial charge in [0.05, 0.1) is 11.6 Å². The molecule has 1 aromatic carbocycles. The smallest absolute Gasteiger partial charge is 0.0871 e. The summed E-state index contributed by atoms with van der Waals surface area (Å²) in [4.78, 5) is 0. The third kappa shape index (κ3) is 1.54. The monoisotopic (exact) mass is 244 g/mol. The van der Waals surface area contributed by atoms with Crippen LogP contribution in [-0.4, -0.2) is 22.8 Å². The van der Waals surface area contributed by atoms with E-state index in [2.05, 4.69) is 34.9 Å². The van der Waals surface area contributed by atoms with E-state index in [4.69, 9.17) is 0 Å². The highest BCUT2D eigenvalue weighted by Crippen LogP contribution is 2.44. The Kier molecular flexibility index (Phi) is 2.31. The Hall–Kier alpha value is -0.900. The van der Waals surface area contributed by atoms with Gasteiger partial charge in [0.15, 0.2) is 0 Å². The van der Waals surface area contributed by atoms with Crippen LogP contribution < -0.4 is 10.6 Å². The van der Waals surface area contributed by atoms with Gasteiger partial charge in [-0.1, -0.05) is 24.3 Å². The summed E-state index contributed by atoms with van der Waals surface area (Å²) >= 11 is 0. The van der Waals surface area contributed by atoms with Crippen LogP contribution in [0.25, 0.3) is 0 Å². The molecule has 3 nitrogen and oxygen atoms in total. The van der Waals surface area contributed by atoms with Crippen molar-refractivity contribution in [1.82, 2.24) is 10.6 Å². The lowest BCUT2D eigenvalue weighted by atomic mass is 9.79. The summed E-state index contributed by atoms with van der Waals surface area (Å²) in [5, 5.41) is 18.2. The van der Waals surface area contributed by atoms with E-state index in [0.717, 1.165) is 19.4 Å². The zero-order valence-electron chi connectivity index (χ0n) is 10.5. The topological polar surface area (TPSA) is 44.3 Å². The minimum absolute atomic E-state index is 0.124. The molecule has 0 saturated carbocycles. The van der Waals surface area contributed by atoms with E-state index >= 15 is 0 Å². The molecule has 3 aliphatic rings. The lowest BCUT2D eigenvalue weighted by molar-refractivity contribution is -0.0377. The minimum Gasteiger partial charge on any atom is -0.388 e. The second-order valence-electron chi connectivity index (χ2n) is 6.16. The van der Waals surface area contributed by atoms with Crippen molar-refractivity contribution in [1.29, 1.82) is 0 Å². The maximum Gasteiger partial charge on any atom is 0.0871 e. The molecule has 2 bridgehead atoms. The van der Waals surface area contributed by atoms with Crippen LogP contribution in [0.1, 0.15) is 42.9 Å². The van der Waals surface area contributed by atoms with Crippen molar-refractivity contribution < 1.29 is 5.11 Å². The number of piperidine rings is 1. The molecule has 0 spiro atoms. The first-order valence-electron chi connectivity index (χ1n) is 7.04. The van der Waals surface area contributed by atoms with Crippen molar-refractivity contribution in [3.05, 3.63) is 35.4 Å². The van der Waals surface area contributed by atoms with Gasteiger partial charge in [0.2, 0.25) is 0 Å². The highest BCUT2D eigenvalue weighted by atomic mass is 16.3. The lowest BCUT2D eigenvalue weighted by Gasteiger charge is -2.41. The summed E-state index contributed by atoms with van der Waals surface area (Å²) in [7, 11) is 0. The lowest BCUT2D eigenvalue weighted by Crippen LogP contribution is -2.53. The molecular formula is C15H20N2O. The number of nitrogens with one attached hydrogen (secondary N) is 2. The summed E-state index contributed by atoms with van der Waals surface area (Å²) in [5.74, 6) is 0. The van der Waals surface area contributed by atoms with Gasteiger partial charge in [-0.2, -0.15) is 0 Å². The van der Waals surface area contributed by atoms with Crippen LogP contribution in [0, 0.1) is 0 Å². The maximum absolute atomic E-state index is 11.1. The van der Waals surface area contributed by atoms with Crippen molar-refractivity contribution >= 4 is 0 Å². The normalized spacial score (nSPS) is 41.9. The molecule has 96 valence electrons. The quantitative estimate of drug-likeness (QED) is 0.701. The Balaban J connectivity index is 1.68.